The Labute approximate surface area is 247 Å². The minimum atomic E-state index is -4.81. The number of hydrogen-bond acceptors (Lipinski definition) is 6. The van der Waals surface area contributed by atoms with E-state index in [9.17, 15) is 27.2 Å². The van der Waals surface area contributed by atoms with Crippen LogP contribution >= 0.6 is 11.3 Å². The quantitative estimate of drug-likeness (QED) is 0.193. The number of ether oxygens (including phenoxy) is 1. The van der Waals surface area contributed by atoms with Crippen molar-refractivity contribution in [3.8, 4) is 16.9 Å². The number of pyridine rings is 1. The highest BCUT2D eigenvalue weighted by atomic mass is 32.1. The average molecular weight is 612 g/mol. The van der Waals surface area contributed by atoms with Gasteiger partial charge in [-0.3, -0.25) is 9.59 Å². The van der Waals surface area contributed by atoms with E-state index in [1.165, 1.54) is 29.1 Å². The zero-order chi connectivity index (χ0) is 31.1. The maximum atomic E-state index is 13.7. The summed E-state index contributed by atoms with van der Waals surface area (Å²) >= 11 is 0.605. The van der Waals surface area contributed by atoms with E-state index >= 15 is 0 Å². The summed E-state index contributed by atoms with van der Waals surface area (Å²) in [5.41, 5.74) is 5.46. The normalized spacial score (nSPS) is 12.0. The Balaban J connectivity index is 1.45. The van der Waals surface area contributed by atoms with Crippen LogP contribution in [0.5, 0.6) is 5.75 Å². The minimum Gasteiger partial charge on any atom is -0.471 e. The summed E-state index contributed by atoms with van der Waals surface area (Å²) in [5.74, 6) is -1.72. The van der Waals surface area contributed by atoms with Gasteiger partial charge in [0.1, 0.15) is 27.0 Å². The Kier molecular flexibility index (Phi) is 7.69. The molecule has 2 amide bonds. The van der Waals surface area contributed by atoms with E-state index in [0.717, 1.165) is 23.8 Å². The van der Waals surface area contributed by atoms with Crippen molar-refractivity contribution in [1.82, 2.24) is 14.8 Å². The fourth-order valence-corrected chi connectivity index (χ4v) is 5.32. The molecule has 0 bridgehead atoms. The highest BCUT2D eigenvalue weighted by Gasteiger charge is 2.35. The van der Waals surface area contributed by atoms with Gasteiger partial charge in [0.2, 0.25) is 0 Å². The topological polar surface area (TPSA) is 112 Å². The average Bonchev–Trinajstić information content (AvgIpc) is 3.56. The molecule has 222 valence electrons. The zero-order valence-corrected chi connectivity index (χ0v) is 23.9. The molecule has 0 fully saturated rings. The van der Waals surface area contributed by atoms with E-state index in [4.69, 9.17) is 10.5 Å². The lowest BCUT2D eigenvalue weighted by Crippen LogP contribution is -2.18. The number of halogens is 4. The molecule has 2 aromatic carbocycles. The number of nitrogens with zero attached hydrogens (tertiary/aromatic N) is 3. The number of rotatable bonds is 7. The molecule has 0 atom stereocenters. The molecule has 5 rings (SSSR count). The zero-order valence-electron chi connectivity index (χ0n) is 23.1. The van der Waals surface area contributed by atoms with Crippen LogP contribution in [0.15, 0.2) is 66.9 Å². The van der Waals surface area contributed by atoms with Crippen LogP contribution in [0.2, 0.25) is 0 Å². The van der Waals surface area contributed by atoms with Crippen LogP contribution in [0.1, 0.15) is 52.2 Å². The Morgan fingerprint density at radius 2 is 1.70 bits per heavy atom. The second kappa shape index (κ2) is 11.1. The number of primary amides is 1. The third-order valence-corrected chi connectivity index (χ3v) is 7.63. The van der Waals surface area contributed by atoms with Gasteiger partial charge in [0.05, 0.1) is 5.69 Å². The van der Waals surface area contributed by atoms with Crippen LogP contribution in [0, 0.1) is 5.82 Å². The van der Waals surface area contributed by atoms with Crippen molar-refractivity contribution >= 4 is 39.1 Å². The molecule has 13 heteroatoms. The monoisotopic (exact) mass is 611 g/mol. The number of aromatic nitrogens is 3. The van der Waals surface area contributed by atoms with Crippen LogP contribution in [0.3, 0.4) is 0 Å². The van der Waals surface area contributed by atoms with Gasteiger partial charge in [-0.1, -0.05) is 45.0 Å². The highest BCUT2D eigenvalue weighted by Crippen LogP contribution is 2.43. The third kappa shape index (κ3) is 6.36. The lowest BCUT2D eigenvalue weighted by Gasteiger charge is -2.19. The van der Waals surface area contributed by atoms with Gasteiger partial charge in [-0.15, -0.1) is 11.3 Å². The molecule has 5 aromatic rings. The predicted octanol–water partition coefficient (Wildman–Crippen LogP) is 7.00. The molecular formula is C30H25F4N5O3S. The second-order valence-corrected chi connectivity index (χ2v) is 11.7. The molecule has 0 saturated heterocycles. The second-order valence-electron chi connectivity index (χ2n) is 10.7. The summed E-state index contributed by atoms with van der Waals surface area (Å²) in [6.07, 6.45) is -3.30. The van der Waals surface area contributed by atoms with Crippen molar-refractivity contribution in [3.05, 3.63) is 94.5 Å². The van der Waals surface area contributed by atoms with Gasteiger partial charge < -0.3 is 15.8 Å². The van der Waals surface area contributed by atoms with E-state index in [-0.39, 0.29) is 49.7 Å². The van der Waals surface area contributed by atoms with Crippen LogP contribution < -0.4 is 15.8 Å². The van der Waals surface area contributed by atoms with Crippen molar-refractivity contribution in [1.29, 1.82) is 0 Å². The first-order chi connectivity index (χ1) is 20.2. The van der Waals surface area contributed by atoms with Crippen LogP contribution in [0.25, 0.3) is 21.3 Å². The van der Waals surface area contributed by atoms with Gasteiger partial charge in [0.15, 0.2) is 12.4 Å². The van der Waals surface area contributed by atoms with E-state index in [1.54, 1.807) is 0 Å². The smallest absolute Gasteiger partial charge is 0.433 e. The van der Waals surface area contributed by atoms with Gasteiger partial charge in [0.25, 0.3) is 11.8 Å². The summed E-state index contributed by atoms with van der Waals surface area (Å²) in [6, 6.07) is 14.5. The first kappa shape index (κ1) is 29.7. The number of fused-ring (bicyclic) bond motifs is 1. The molecule has 0 aliphatic carbocycles. The first-order valence-electron chi connectivity index (χ1n) is 12.9. The number of amides is 2. The maximum absolute atomic E-state index is 13.7. The number of benzene rings is 2. The van der Waals surface area contributed by atoms with Crippen molar-refractivity contribution in [2.24, 2.45) is 5.73 Å². The van der Waals surface area contributed by atoms with E-state index < -0.39 is 29.5 Å². The van der Waals surface area contributed by atoms with Crippen molar-refractivity contribution in [2.45, 2.75) is 39.1 Å². The van der Waals surface area contributed by atoms with Crippen LogP contribution in [-0.4, -0.2) is 26.6 Å². The lowest BCUT2D eigenvalue weighted by molar-refractivity contribution is -0.140. The molecule has 3 heterocycles. The molecule has 3 aromatic heterocycles. The van der Waals surface area contributed by atoms with Crippen molar-refractivity contribution < 1.29 is 31.9 Å². The first-order valence-corrected chi connectivity index (χ1v) is 13.7. The molecular weight excluding hydrogens is 586 g/mol. The Morgan fingerprint density at radius 3 is 2.30 bits per heavy atom. The summed E-state index contributed by atoms with van der Waals surface area (Å²) in [4.78, 5) is 28.9. The summed E-state index contributed by atoms with van der Waals surface area (Å²) < 4.78 is 61.9. The number of anilines is 1. The maximum Gasteiger partial charge on any atom is 0.433 e. The number of alkyl halides is 3. The van der Waals surface area contributed by atoms with Gasteiger partial charge in [-0.25, -0.2) is 14.1 Å². The van der Waals surface area contributed by atoms with E-state index in [1.807, 2.05) is 24.3 Å². The standard InChI is InChI=1S/C30H25F4N5O3S/c1-29(2,3)17-6-10-19(11-7-17)42-15-39-13-12-21(38-39)27(41)37-24-23-20(16-4-8-18(31)9-5-16)14-22(30(32,33)34)36-28(23)43-25(24)26(35)40/h4-14H,15H2,1-3H3,(H2,35,40)(H,37,41). The number of carbonyl (C=O) groups excluding carboxylic acids is 2. The van der Waals surface area contributed by atoms with Crippen molar-refractivity contribution in [3.63, 3.8) is 0 Å². The number of hydrogen-bond donors (Lipinski definition) is 2. The molecule has 3 N–H and O–H groups in total. The molecule has 0 aliphatic rings. The fraction of sp³-hybridized carbons (Fsp3) is 0.200. The molecule has 8 nitrogen and oxygen atoms in total. The van der Waals surface area contributed by atoms with Gasteiger partial charge in [-0.2, -0.15) is 18.3 Å². The third-order valence-electron chi connectivity index (χ3n) is 6.53. The Bertz CT molecular complexity index is 1820. The molecule has 0 radical (unpaired) electrons. The SMILES string of the molecule is CC(C)(C)c1ccc(OCn2ccc(C(=O)Nc3c(C(N)=O)sc4nc(C(F)(F)F)cc(-c5ccc(F)cc5)c34)n2)cc1. The van der Waals surface area contributed by atoms with Crippen molar-refractivity contribution in [2.75, 3.05) is 5.32 Å². The Morgan fingerprint density at radius 1 is 1.02 bits per heavy atom. The summed E-state index contributed by atoms with van der Waals surface area (Å²) in [6.45, 7) is 6.30. The molecule has 0 spiro atoms. The largest absolute Gasteiger partial charge is 0.471 e. The summed E-state index contributed by atoms with van der Waals surface area (Å²) in [5, 5.41) is 6.84. The lowest BCUT2D eigenvalue weighted by atomic mass is 9.87. The van der Waals surface area contributed by atoms with E-state index in [2.05, 4.69) is 36.2 Å². The molecule has 43 heavy (non-hydrogen) atoms. The van der Waals surface area contributed by atoms with Gasteiger partial charge >= 0.3 is 6.18 Å². The summed E-state index contributed by atoms with van der Waals surface area (Å²) in [7, 11) is 0. The molecule has 0 saturated carbocycles. The van der Waals surface area contributed by atoms with Crippen LogP contribution in [-0.2, 0) is 18.3 Å². The fourth-order valence-electron chi connectivity index (χ4n) is 4.32. The number of nitrogens with one attached hydrogen (secondary N) is 1. The van der Waals surface area contributed by atoms with E-state index in [0.29, 0.717) is 17.1 Å². The highest BCUT2D eigenvalue weighted by molar-refractivity contribution is 7.21. The number of thiophene rings is 1. The van der Waals surface area contributed by atoms with Gasteiger partial charge in [-0.05, 0) is 58.5 Å². The molecule has 0 aliphatic heterocycles. The predicted molar refractivity (Wildman–Crippen MR) is 154 cm³/mol. The number of carbonyl (C=O) groups is 2. The van der Waals surface area contributed by atoms with Crippen LogP contribution in [0.4, 0.5) is 23.2 Å². The van der Waals surface area contributed by atoms with Gasteiger partial charge in [0, 0.05) is 11.6 Å². The molecule has 0 unspecified atom stereocenters. The Hall–Kier alpha value is -4.78. The minimum absolute atomic E-state index is 0.00504. The number of nitrogens with two attached hydrogens (primary N) is 1.